The van der Waals surface area contributed by atoms with Crippen molar-refractivity contribution in [2.75, 3.05) is 13.2 Å². The monoisotopic (exact) mass is 214 g/mol. The molecule has 0 heterocycles. The van der Waals surface area contributed by atoms with E-state index in [1.54, 1.807) is 0 Å². The van der Waals surface area contributed by atoms with Gasteiger partial charge in [-0.2, -0.15) is 0 Å². The van der Waals surface area contributed by atoms with E-state index in [9.17, 15) is 14.4 Å². The number of rotatable bonds is 4. The summed E-state index contributed by atoms with van der Waals surface area (Å²) in [6.07, 6.45) is 0.402. The number of esters is 2. The Morgan fingerprint density at radius 3 is 2.20 bits per heavy atom. The van der Waals surface area contributed by atoms with Crippen LogP contribution in [0.4, 0.5) is 0 Å². The summed E-state index contributed by atoms with van der Waals surface area (Å²) in [6, 6.07) is 0. The Kier molecular flexibility index (Phi) is 3.82. The smallest absolute Gasteiger partial charge is 0.302 e. The summed E-state index contributed by atoms with van der Waals surface area (Å²) < 4.78 is 9.55. The fourth-order valence-corrected chi connectivity index (χ4v) is 1.49. The molecule has 0 aromatic carbocycles. The lowest BCUT2D eigenvalue weighted by molar-refractivity contribution is -0.156. The Morgan fingerprint density at radius 1 is 1.20 bits per heavy atom. The van der Waals surface area contributed by atoms with E-state index in [0.717, 1.165) is 0 Å². The molecule has 0 spiro atoms. The summed E-state index contributed by atoms with van der Waals surface area (Å²) in [7, 11) is 0. The number of Topliss-reactive ketones (excluding diaryl/α,β-unsaturated/α-hetero) is 1. The minimum atomic E-state index is -0.402. The summed E-state index contributed by atoms with van der Waals surface area (Å²) in [4.78, 5) is 32.3. The average Bonchev–Trinajstić information content (AvgIpc) is 2.11. The molecule has 0 radical (unpaired) electrons. The Hall–Kier alpha value is -1.39. The zero-order valence-corrected chi connectivity index (χ0v) is 8.82. The molecule has 0 N–H and O–H groups in total. The average molecular weight is 214 g/mol. The Morgan fingerprint density at radius 2 is 1.73 bits per heavy atom. The van der Waals surface area contributed by atoms with Crippen LogP contribution in [0.25, 0.3) is 0 Å². The number of ketones is 1. The van der Waals surface area contributed by atoms with E-state index in [2.05, 4.69) is 0 Å². The maximum absolute atomic E-state index is 11.2. The molecule has 0 amide bonds. The highest BCUT2D eigenvalue weighted by Crippen LogP contribution is 2.31. The Labute approximate surface area is 87.7 Å². The van der Waals surface area contributed by atoms with E-state index in [-0.39, 0.29) is 36.8 Å². The SMILES string of the molecule is CC(=O)OC[C@H]1CC(=O)[C@@H]1COC(C)=O. The molecule has 5 nitrogen and oxygen atoms in total. The van der Waals surface area contributed by atoms with Gasteiger partial charge in [-0.15, -0.1) is 0 Å². The predicted molar refractivity (Wildman–Crippen MR) is 49.9 cm³/mol. The fourth-order valence-electron chi connectivity index (χ4n) is 1.49. The molecule has 0 unspecified atom stereocenters. The second kappa shape index (κ2) is 4.91. The first-order valence-electron chi connectivity index (χ1n) is 4.80. The predicted octanol–water partition coefficient (Wildman–Crippen LogP) is 0.318. The lowest BCUT2D eigenvalue weighted by Gasteiger charge is -2.33. The third-order valence-corrected chi connectivity index (χ3v) is 2.41. The molecular formula is C10H14O5. The third-order valence-electron chi connectivity index (χ3n) is 2.41. The minimum Gasteiger partial charge on any atom is -0.466 e. The van der Waals surface area contributed by atoms with Gasteiger partial charge in [-0.05, 0) is 0 Å². The minimum absolute atomic E-state index is 0.000694. The molecule has 1 saturated carbocycles. The number of hydrogen-bond acceptors (Lipinski definition) is 5. The molecule has 0 bridgehead atoms. The van der Waals surface area contributed by atoms with Crippen LogP contribution in [-0.4, -0.2) is 30.9 Å². The largest absolute Gasteiger partial charge is 0.466 e. The highest BCUT2D eigenvalue weighted by atomic mass is 16.5. The second-order valence-corrected chi connectivity index (χ2v) is 3.64. The van der Waals surface area contributed by atoms with E-state index >= 15 is 0 Å². The summed E-state index contributed by atoms with van der Waals surface area (Å²) >= 11 is 0. The van der Waals surface area contributed by atoms with Crippen LogP contribution in [0, 0.1) is 11.8 Å². The molecule has 84 valence electrons. The molecule has 0 aromatic heterocycles. The molecule has 2 atom stereocenters. The van der Waals surface area contributed by atoms with Crippen LogP contribution in [0.15, 0.2) is 0 Å². The van der Waals surface area contributed by atoms with Gasteiger partial charge in [-0.1, -0.05) is 0 Å². The molecule has 0 aliphatic heterocycles. The normalized spacial score (nSPS) is 24.3. The standard InChI is InChI=1S/C10H14O5/c1-6(11)14-4-8-3-10(13)9(8)5-15-7(2)12/h8-9H,3-5H2,1-2H3/t8-,9-/m1/s1. The number of carbonyl (C=O) groups is 3. The van der Waals surface area contributed by atoms with Crippen LogP contribution < -0.4 is 0 Å². The van der Waals surface area contributed by atoms with Gasteiger partial charge >= 0.3 is 11.9 Å². The topological polar surface area (TPSA) is 69.7 Å². The quantitative estimate of drug-likeness (QED) is 0.630. The number of carbonyl (C=O) groups excluding carboxylic acids is 3. The van der Waals surface area contributed by atoms with E-state index in [4.69, 9.17) is 9.47 Å². The van der Waals surface area contributed by atoms with E-state index in [0.29, 0.717) is 6.42 Å². The second-order valence-electron chi connectivity index (χ2n) is 3.64. The Bertz CT molecular complexity index is 284. The van der Waals surface area contributed by atoms with Crippen molar-refractivity contribution in [3.05, 3.63) is 0 Å². The molecule has 1 rings (SSSR count). The van der Waals surface area contributed by atoms with Crippen molar-refractivity contribution in [1.82, 2.24) is 0 Å². The van der Waals surface area contributed by atoms with Crippen molar-refractivity contribution in [3.63, 3.8) is 0 Å². The maximum atomic E-state index is 11.2. The number of hydrogen-bond donors (Lipinski definition) is 0. The summed E-state index contributed by atoms with van der Waals surface area (Å²) in [5.74, 6) is -0.996. The van der Waals surface area contributed by atoms with Crippen molar-refractivity contribution in [3.8, 4) is 0 Å². The zero-order valence-electron chi connectivity index (χ0n) is 8.82. The van der Waals surface area contributed by atoms with Crippen molar-refractivity contribution in [2.24, 2.45) is 11.8 Å². The van der Waals surface area contributed by atoms with Crippen molar-refractivity contribution < 1.29 is 23.9 Å². The van der Waals surface area contributed by atoms with Gasteiger partial charge in [0.05, 0.1) is 12.5 Å². The van der Waals surface area contributed by atoms with Gasteiger partial charge in [0.15, 0.2) is 0 Å². The van der Waals surface area contributed by atoms with Gasteiger partial charge in [-0.25, -0.2) is 0 Å². The molecule has 0 saturated heterocycles. The van der Waals surface area contributed by atoms with Gasteiger partial charge < -0.3 is 9.47 Å². The van der Waals surface area contributed by atoms with E-state index < -0.39 is 5.97 Å². The van der Waals surface area contributed by atoms with Gasteiger partial charge in [0.1, 0.15) is 12.4 Å². The summed E-state index contributed by atoms with van der Waals surface area (Å²) in [5.41, 5.74) is 0. The molecular weight excluding hydrogens is 200 g/mol. The molecule has 5 heteroatoms. The van der Waals surface area contributed by atoms with Crippen LogP contribution in [-0.2, 0) is 23.9 Å². The maximum Gasteiger partial charge on any atom is 0.302 e. The molecule has 1 aliphatic carbocycles. The van der Waals surface area contributed by atoms with Crippen molar-refractivity contribution >= 4 is 17.7 Å². The van der Waals surface area contributed by atoms with Crippen LogP contribution in [0.2, 0.25) is 0 Å². The molecule has 1 fully saturated rings. The summed E-state index contributed by atoms with van der Waals surface area (Å²) in [5, 5.41) is 0. The van der Waals surface area contributed by atoms with Gasteiger partial charge in [0, 0.05) is 26.2 Å². The third kappa shape index (κ3) is 3.34. The first kappa shape index (κ1) is 11.7. The highest BCUT2D eigenvalue weighted by Gasteiger charge is 2.40. The lowest BCUT2D eigenvalue weighted by atomic mass is 9.73. The Balaban J connectivity index is 2.31. The van der Waals surface area contributed by atoms with Gasteiger partial charge in [0.25, 0.3) is 0 Å². The first-order valence-corrected chi connectivity index (χ1v) is 4.80. The first-order chi connectivity index (χ1) is 7.00. The molecule has 15 heavy (non-hydrogen) atoms. The number of ether oxygens (including phenoxy) is 2. The molecule has 1 aliphatic rings. The van der Waals surface area contributed by atoms with Crippen molar-refractivity contribution in [1.29, 1.82) is 0 Å². The van der Waals surface area contributed by atoms with Crippen LogP contribution >= 0.6 is 0 Å². The van der Waals surface area contributed by atoms with E-state index in [1.807, 2.05) is 0 Å². The van der Waals surface area contributed by atoms with Crippen LogP contribution in [0.1, 0.15) is 20.3 Å². The zero-order chi connectivity index (χ0) is 11.4. The lowest BCUT2D eigenvalue weighted by Crippen LogP contribution is -2.43. The van der Waals surface area contributed by atoms with Crippen LogP contribution in [0.3, 0.4) is 0 Å². The van der Waals surface area contributed by atoms with Crippen LogP contribution in [0.5, 0.6) is 0 Å². The summed E-state index contributed by atoms with van der Waals surface area (Å²) in [6.45, 7) is 2.94. The van der Waals surface area contributed by atoms with Crippen molar-refractivity contribution in [2.45, 2.75) is 20.3 Å². The molecule has 0 aromatic rings. The fraction of sp³-hybridized carbons (Fsp3) is 0.700. The van der Waals surface area contributed by atoms with E-state index in [1.165, 1.54) is 13.8 Å². The van der Waals surface area contributed by atoms with Gasteiger partial charge in [0.2, 0.25) is 0 Å². The highest BCUT2D eigenvalue weighted by molar-refractivity contribution is 5.87. The van der Waals surface area contributed by atoms with Gasteiger partial charge in [-0.3, -0.25) is 14.4 Å².